The highest BCUT2D eigenvalue weighted by Gasteiger charge is 2.34. The van der Waals surface area contributed by atoms with Gasteiger partial charge in [-0.3, -0.25) is 14.5 Å². The van der Waals surface area contributed by atoms with Gasteiger partial charge in [0.2, 0.25) is 11.9 Å². The van der Waals surface area contributed by atoms with Crippen LogP contribution in [0, 0.1) is 11.8 Å². The van der Waals surface area contributed by atoms with Crippen LogP contribution in [0.2, 0.25) is 0 Å². The highest BCUT2D eigenvalue weighted by atomic mass is 19.1. The predicted octanol–water partition coefficient (Wildman–Crippen LogP) is 1.44. The van der Waals surface area contributed by atoms with Crippen LogP contribution in [0.15, 0.2) is 48.9 Å². The molecule has 14 heteroatoms. The lowest BCUT2D eigenvalue weighted by Gasteiger charge is -2.37. The lowest BCUT2D eigenvalue weighted by atomic mass is 10.2. The molecule has 12 nitrogen and oxygen atoms in total. The summed E-state index contributed by atoms with van der Waals surface area (Å²) in [5.74, 6) is -2.46. The topological polar surface area (TPSA) is 126 Å². The molecular formula is C25H26F2N8O4. The summed E-state index contributed by atoms with van der Waals surface area (Å²) in [6, 6.07) is 6.39. The van der Waals surface area contributed by atoms with Gasteiger partial charge >= 0.3 is 6.09 Å². The number of hydrogen-bond donors (Lipinski definition) is 1. The van der Waals surface area contributed by atoms with Crippen LogP contribution in [-0.2, 0) is 16.1 Å². The number of benzene rings is 1. The van der Waals surface area contributed by atoms with Crippen molar-refractivity contribution >= 4 is 29.3 Å². The Morgan fingerprint density at radius 2 is 1.95 bits per heavy atom. The second kappa shape index (κ2) is 11.0. The number of pyridine rings is 1. The molecule has 3 aromatic rings. The predicted molar refractivity (Wildman–Crippen MR) is 134 cm³/mol. The fourth-order valence-corrected chi connectivity index (χ4v) is 4.62. The maximum atomic E-state index is 15.1. The van der Waals surface area contributed by atoms with Crippen molar-refractivity contribution < 1.29 is 27.9 Å². The third-order valence-electron chi connectivity index (χ3n) is 6.63. The Bertz CT molecular complexity index is 1360. The van der Waals surface area contributed by atoms with E-state index < -0.39 is 35.9 Å². The van der Waals surface area contributed by atoms with Gasteiger partial charge in [-0.2, -0.15) is 4.39 Å². The van der Waals surface area contributed by atoms with Crippen LogP contribution in [0.5, 0.6) is 0 Å². The summed E-state index contributed by atoms with van der Waals surface area (Å²) in [7, 11) is 0. The molecule has 1 N–H and O–H groups in total. The molecular weight excluding hydrogens is 514 g/mol. The van der Waals surface area contributed by atoms with Crippen molar-refractivity contribution in [3.05, 3.63) is 66.3 Å². The van der Waals surface area contributed by atoms with Gasteiger partial charge in [-0.15, -0.1) is 5.10 Å². The molecule has 0 unspecified atom stereocenters. The van der Waals surface area contributed by atoms with Gasteiger partial charge in [-0.25, -0.2) is 18.9 Å². The zero-order valence-electron chi connectivity index (χ0n) is 21.0. The number of piperazine rings is 1. The van der Waals surface area contributed by atoms with Crippen LogP contribution in [0.25, 0.3) is 0 Å². The van der Waals surface area contributed by atoms with Gasteiger partial charge in [0.15, 0.2) is 0 Å². The minimum Gasteiger partial charge on any atom is -0.442 e. The Morgan fingerprint density at radius 3 is 2.64 bits per heavy atom. The lowest BCUT2D eigenvalue weighted by Crippen LogP contribution is -2.54. The summed E-state index contributed by atoms with van der Waals surface area (Å²) in [6.45, 7) is 3.47. The van der Waals surface area contributed by atoms with E-state index in [0.717, 1.165) is 0 Å². The van der Waals surface area contributed by atoms with Crippen molar-refractivity contribution in [3.8, 4) is 0 Å². The second-order valence-corrected chi connectivity index (χ2v) is 9.23. The zero-order valence-corrected chi connectivity index (χ0v) is 21.0. The molecule has 2 saturated heterocycles. The largest absolute Gasteiger partial charge is 0.442 e. The first kappa shape index (κ1) is 26.0. The molecule has 0 bridgehead atoms. The van der Waals surface area contributed by atoms with Gasteiger partial charge in [0.25, 0.3) is 5.91 Å². The summed E-state index contributed by atoms with van der Waals surface area (Å²) in [5, 5.41) is 10.1. The van der Waals surface area contributed by atoms with E-state index >= 15 is 4.39 Å². The third kappa shape index (κ3) is 5.63. The Hall–Kier alpha value is -4.62. The molecule has 0 aliphatic carbocycles. The number of ether oxygens (including phenoxy) is 1. The normalized spacial score (nSPS) is 18.2. The maximum absolute atomic E-state index is 15.1. The van der Waals surface area contributed by atoms with Crippen molar-refractivity contribution in [1.29, 1.82) is 0 Å². The summed E-state index contributed by atoms with van der Waals surface area (Å²) >= 11 is 0. The average molecular weight is 541 g/mol. The molecule has 2 aliphatic rings. The number of amides is 3. The number of nitrogens with zero attached hydrogens (tertiary/aromatic N) is 7. The molecule has 39 heavy (non-hydrogen) atoms. The summed E-state index contributed by atoms with van der Waals surface area (Å²) in [6.07, 6.45) is 3.42. The van der Waals surface area contributed by atoms with E-state index in [0.29, 0.717) is 44.1 Å². The van der Waals surface area contributed by atoms with Crippen LogP contribution in [0.3, 0.4) is 0 Å². The molecule has 0 spiro atoms. The van der Waals surface area contributed by atoms with Gasteiger partial charge in [-0.1, -0.05) is 5.21 Å². The summed E-state index contributed by atoms with van der Waals surface area (Å²) < 4.78 is 35.8. The first-order valence-corrected chi connectivity index (χ1v) is 12.4. The van der Waals surface area contributed by atoms with Gasteiger partial charge in [0.05, 0.1) is 36.2 Å². The summed E-state index contributed by atoms with van der Waals surface area (Å²) in [5.41, 5.74) is 0.491. The van der Waals surface area contributed by atoms with Gasteiger partial charge in [-0.05, 0) is 37.3 Å². The smallest absolute Gasteiger partial charge is 0.414 e. The molecule has 2 fully saturated rings. The number of halogens is 2. The quantitative estimate of drug-likeness (QED) is 0.447. The fourth-order valence-electron chi connectivity index (χ4n) is 4.62. The average Bonchev–Trinajstić information content (AvgIpc) is 3.58. The van der Waals surface area contributed by atoms with Gasteiger partial charge in [0, 0.05) is 38.6 Å². The van der Waals surface area contributed by atoms with E-state index in [4.69, 9.17) is 4.74 Å². The molecule has 5 rings (SSSR count). The molecule has 2 atom stereocenters. The van der Waals surface area contributed by atoms with E-state index in [1.165, 1.54) is 42.4 Å². The first-order valence-electron chi connectivity index (χ1n) is 12.4. The highest BCUT2D eigenvalue weighted by molar-refractivity contribution is 5.97. The standard InChI is InChI=1S/C25H26F2N8O4/c1-16(30-23(36)19-3-2-6-28-22(19)27)24(37)33-11-9-32(10-12-33)21-5-4-17(13-20(21)26)35-15-18(39-25(35)38)14-34-8-7-29-31-34/h2-8,13,16,18H,9-12,14-15H2,1H3,(H,30,36)/t16-,18-/m0/s1. The zero-order chi connectivity index (χ0) is 27.5. The molecule has 3 amide bonds. The number of anilines is 2. The van der Waals surface area contributed by atoms with Crippen LogP contribution in [-0.4, -0.2) is 87.7 Å². The van der Waals surface area contributed by atoms with Gasteiger partial charge < -0.3 is 19.9 Å². The highest BCUT2D eigenvalue weighted by Crippen LogP contribution is 2.29. The van der Waals surface area contributed by atoms with Crippen molar-refractivity contribution in [3.63, 3.8) is 0 Å². The first-order chi connectivity index (χ1) is 18.8. The van der Waals surface area contributed by atoms with Crippen LogP contribution >= 0.6 is 0 Å². The van der Waals surface area contributed by atoms with E-state index in [9.17, 15) is 18.8 Å². The SMILES string of the molecule is C[C@H](NC(=O)c1cccnc1F)C(=O)N1CCN(c2ccc(N3C[C@H](Cn4ccnn4)OC3=O)cc2F)CC1. The Labute approximate surface area is 222 Å². The molecule has 0 radical (unpaired) electrons. The summed E-state index contributed by atoms with van der Waals surface area (Å²) in [4.78, 5) is 45.8. The van der Waals surface area contributed by atoms with E-state index in [1.807, 2.05) is 4.90 Å². The van der Waals surface area contributed by atoms with Crippen molar-refractivity contribution in [2.24, 2.45) is 0 Å². The van der Waals surface area contributed by atoms with Crippen LogP contribution < -0.4 is 15.1 Å². The number of aromatic nitrogens is 4. The number of hydrogen-bond acceptors (Lipinski definition) is 8. The Morgan fingerprint density at radius 1 is 1.15 bits per heavy atom. The number of carbonyl (C=O) groups excluding carboxylic acids is 3. The molecule has 0 saturated carbocycles. The van der Waals surface area contributed by atoms with E-state index in [1.54, 1.807) is 27.9 Å². The molecule has 2 aliphatic heterocycles. The number of nitrogens with one attached hydrogen (secondary N) is 1. The van der Waals surface area contributed by atoms with E-state index in [-0.39, 0.29) is 18.0 Å². The lowest BCUT2D eigenvalue weighted by molar-refractivity contribution is -0.133. The number of rotatable bonds is 7. The van der Waals surface area contributed by atoms with E-state index in [2.05, 4.69) is 20.6 Å². The van der Waals surface area contributed by atoms with Crippen molar-refractivity contribution in [2.45, 2.75) is 25.6 Å². The second-order valence-electron chi connectivity index (χ2n) is 9.23. The molecule has 204 valence electrons. The Balaban J connectivity index is 1.15. The van der Waals surface area contributed by atoms with Crippen molar-refractivity contribution in [1.82, 2.24) is 30.2 Å². The van der Waals surface area contributed by atoms with Crippen LogP contribution in [0.1, 0.15) is 17.3 Å². The fraction of sp³-hybridized carbons (Fsp3) is 0.360. The third-order valence-corrected chi connectivity index (χ3v) is 6.63. The molecule has 4 heterocycles. The molecule has 2 aromatic heterocycles. The monoisotopic (exact) mass is 540 g/mol. The van der Waals surface area contributed by atoms with Gasteiger partial charge in [0.1, 0.15) is 18.0 Å². The Kier molecular flexibility index (Phi) is 7.34. The van der Waals surface area contributed by atoms with Crippen molar-refractivity contribution in [2.75, 3.05) is 42.5 Å². The van der Waals surface area contributed by atoms with Crippen LogP contribution in [0.4, 0.5) is 25.0 Å². The minimum atomic E-state index is -0.912. The number of carbonyl (C=O) groups is 3. The minimum absolute atomic E-state index is 0.242. The number of cyclic esters (lactones) is 1. The maximum Gasteiger partial charge on any atom is 0.414 e. The molecule has 1 aromatic carbocycles.